The average molecular weight is 276 g/mol. The minimum atomic E-state index is -0.279. The molecule has 2 amide bonds. The summed E-state index contributed by atoms with van der Waals surface area (Å²) in [5, 5.41) is 9.67. The summed E-state index contributed by atoms with van der Waals surface area (Å²) in [7, 11) is 0. The van der Waals surface area contributed by atoms with Crippen molar-refractivity contribution < 1.29 is 14.7 Å². The van der Waals surface area contributed by atoms with Crippen molar-refractivity contribution in [3.05, 3.63) is 29.3 Å². The SMILES string of the molecule is Cc1ccc(C(=O)N2CCC(CC(N)=O)CC2)cc1O. The fourth-order valence-electron chi connectivity index (χ4n) is 2.55. The summed E-state index contributed by atoms with van der Waals surface area (Å²) in [6.07, 6.45) is 1.99. The highest BCUT2D eigenvalue weighted by Crippen LogP contribution is 2.23. The number of nitrogens with zero attached hydrogens (tertiary/aromatic N) is 1. The summed E-state index contributed by atoms with van der Waals surface area (Å²) in [5.74, 6) is 0.0680. The van der Waals surface area contributed by atoms with Gasteiger partial charge in [-0.25, -0.2) is 0 Å². The van der Waals surface area contributed by atoms with Crippen LogP contribution in [0.3, 0.4) is 0 Å². The number of rotatable bonds is 3. The van der Waals surface area contributed by atoms with Crippen molar-refractivity contribution in [1.82, 2.24) is 4.90 Å². The van der Waals surface area contributed by atoms with Crippen LogP contribution in [0.1, 0.15) is 35.2 Å². The molecule has 5 heteroatoms. The molecule has 0 aromatic heterocycles. The summed E-state index contributed by atoms with van der Waals surface area (Å²) in [5.41, 5.74) is 6.45. The molecule has 3 N–H and O–H groups in total. The zero-order valence-electron chi connectivity index (χ0n) is 11.6. The van der Waals surface area contributed by atoms with Gasteiger partial charge in [0.25, 0.3) is 5.91 Å². The first-order valence-electron chi connectivity index (χ1n) is 6.84. The Morgan fingerprint density at radius 2 is 2.00 bits per heavy atom. The first-order valence-corrected chi connectivity index (χ1v) is 6.84. The predicted molar refractivity (Wildman–Crippen MR) is 75.3 cm³/mol. The number of primary amides is 1. The number of nitrogens with two attached hydrogens (primary N) is 1. The molecule has 0 atom stereocenters. The Balaban J connectivity index is 1.97. The molecule has 0 unspecified atom stereocenters. The quantitative estimate of drug-likeness (QED) is 0.876. The topological polar surface area (TPSA) is 83.6 Å². The number of phenolic OH excluding ortho intramolecular Hbond substituents is 1. The van der Waals surface area contributed by atoms with Crippen LogP contribution in [0.15, 0.2) is 18.2 Å². The molecule has 108 valence electrons. The number of piperidine rings is 1. The van der Waals surface area contributed by atoms with E-state index >= 15 is 0 Å². The molecule has 1 aromatic carbocycles. The Morgan fingerprint density at radius 3 is 2.55 bits per heavy atom. The lowest BCUT2D eigenvalue weighted by atomic mass is 9.93. The largest absolute Gasteiger partial charge is 0.508 e. The van der Waals surface area contributed by atoms with Crippen LogP contribution in [0, 0.1) is 12.8 Å². The zero-order chi connectivity index (χ0) is 14.7. The van der Waals surface area contributed by atoms with Gasteiger partial charge in [0.05, 0.1) is 0 Å². The molecular weight excluding hydrogens is 256 g/mol. The van der Waals surface area contributed by atoms with E-state index in [9.17, 15) is 14.7 Å². The molecule has 1 saturated heterocycles. The third-order valence-electron chi connectivity index (χ3n) is 3.85. The maximum absolute atomic E-state index is 12.3. The molecule has 0 bridgehead atoms. The summed E-state index contributed by atoms with van der Waals surface area (Å²) >= 11 is 0. The third-order valence-corrected chi connectivity index (χ3v) is 3.85. The second-order valence-corrected chi connectivity index (χ2v) is 5.41. The predicted octanol–water partition coefficient (Wildman–Crippen LogP) is 1.43. The number of likely N-dealkylation sites (tertiary alicyclic amines) is 1. The molecule has 0 spiro atoms. The first-order chi connectivity index (χ1) is 9.47. The Kier molecular flexibility index (Phi) is 4.27. The van der Waals surface area contributed by atoms with Crippen molar-refractivity contribution in [2.45, 2.75) is 26.2 Å². The Morgan fingerprint density at radius 1 is 1.35 bits per heavy atom. The van der Waals surface area contributed by atoms with Gasteiger partial charge in [0.2, 0.25) is 5.91 Å². The van der Waals surface area contributed by atoms with Gasteiger partial charge in [-0.2, -0.15) is 0 Å². The zero-order valence-corrected chi connectivity index (χ0v) is 11.6. The van der Waals surface area contributed by atoms with Crippen LogP contribution in [0.5, 0.6) is 5.75 Å². The van der Waals surface area contributed by atoms with E-state index in [0.717, 1.165) is 18.4 Å². The molecule has 1 heterocycles. The number of aromatic hydroxyl groups is 1. The van der Waals surface area contributed by atoms with Gasteiger partial charge in [-0.3, -0.25) is 9.59 Å². The van der Waals surface area contributed by atoms with Crippen molar-refractivity contribution in [3.8, 4) is 5.75 Å². The molecule has 1 fully saturated rings. The fourth-order valence-corrected chi connectivity index (χ4v) is 2.55. The van der Waals surface area contributed by atoms with Crippen molar-refractivity contribution >= 4 is 11.8 Å². The normalized spacial score (nSPS) is 16.1. The van der Waals surface area contributed by atoms with Gasteiger partial charge in [-0.05, 0) is 43.4 Å². The number of phenols is 1. The second-order valence-electron chi connectivity index (χ2n) is 5.41. The summed E-state index contributed by atoms with van der Waals surface area (Å²) < 4.78 is 0. The molecule has 0 saturated carbocycles. The van der Waals surface area contributed by atoms with E-state index < -0.39 is 0 Å². The standard InChI is InChI=1S/C15H20N2O3/c1-10-2-3-12(9-13(10)18)15(20)17-6-4-11(5-7-17)8-14(16)19/h2-3,9,11,18H,4-8H2,1H3,(H2,16,19). The van der Waals surface area contributed by atoms with E-state index in [1.54, 1.807) is 24.0 Å². The van der Waals surface area contributed by atoms with Gasteiger partial charge < -0.3 is 15.7 Å². The lowest BCUT2D eigenvalue weighted by Crippen LogP contribution is -2.39. The van der Waals surface area contributed by atoms with Gasteiger partial charge in [0.1, 0.15) is 5.75 Å². The molecular formula is C15H20N2O3. The van der Waals surface area contributed by atoms with E-state index in [0.29, 0.717) is 25.1 Å². The minimum Gasteiger partial charge on any atom is -0.508 e. The molecule has 0 radical (unpaired) electrons. The minimum absolute atomic E-state index is 0.0715. The van der Waals surface area contributed by atoms with Crippen LogP contribution >= 0.6 is 0 Å². The summed E-state index contributed by atoms with van der Waals surface area (Å²) in [4.78, 5) is 25.0. The van der Waals surface area contributed by atoms with E-state index in [4.69, 9.17) is 5.73 Å². The van der Waals surface area contributed by atoms with Gasteiger partial charge in [0, 0.05) is 25.1 Å². The number of carbonyl (C=O) groups is 2. The summed E-state index contributed by atoms with van der Waals surface area (Å²) in [6.45, 7) is 3.05. The Labute approximate surface area is 118 Å². The smallest absolute Gasteiger partial charge is 0.253 e. The average Bonchev–Trinajstić information content (AvgIpc) is 2.41. The third kappa shape index (κ3) is 3.29. The van der Waals surface area contributed by atoms with Gasteiger partial charge in [-0.1, -0.05) is 6.07 Å². The molecule has 1 aliphatic rings. The van der Waals surface area contributed by atoms with E-state index in [-0.39, 0.29) is 23.5 Å². The lowest BCUT2D eigenvalue weighted by molar-refractivity contribution is -0.119. The van der Waals surface area contributed by atoms with E-state index in [1.807, 2.05) is 0 Å². The van der Waals surface area contributed by atoms with Crippen LogP contribution in [-0.4, -0.2) is 34.9 Å². The molecule has 1 aromatic rings. The number of aryl methyl sites for hydroxylation is 1. The number of carbonyl (C=O) groups excluding carboxylic acids is 2. The number of hydrogen-bond acceptors (Lipinski definition) is 3. The van der Waals surface area contributed by atoms with Gasteiger partial charge in [0.15, 0.2) is 0 Å². The highest BCUT2D eigenvalue weighted by atomic mass is 16.3. The summed E-state index contributed by atoms with van der Waals surface area (Å²) in [6, 6.07) is 4.97. The Bertz CT molecular complexity index is 520. The van der Waals surface area contributed by atoms with Gasteiger partial charge in [-0.15, -0.1) is 0 Å². The van der Waals surface area contributed by atoms with Crippen LogP contribution < -0.4 is 5.73 Å². The molecule has 1 aliphatic heterocycles. The van der Waals surface area contributed by atoms with Gasteiger partial charge >= 0.3 is 0 Å². The van der Waals surface area contributed by atoms with Crippen LogP contribution in [0.4, 0.5) is 0 Å². The van der Waals surface area contributed by atoms with Crippen LogP contribution in [-0.2, 0) is 4.79 Å². The molecule has 2 rings (SSSR count). The highest BCUT2D eigenvalue weighted by Gasteiger charge is 2.24. The molecule has 0 aliphatic carbocycles. The first kappa shape index (κ1) is 14.4. The molecule has 20 heavy (non-hydrogen) atoms. The van der Waals surface area contributed by atoms with E-state index in [1.165, 1.54) is 6.07 Å². The molecule has 5 nitrogen and oxygen atoms in total. The Hall–Kier alpha value is -2.04. The number of amides is 2. The second kappa shape index (κ2) is 5.94. The van der Waals surface area contributed by atoms with Crippen molar-refractivity contribution in [1.29, 1.82) is 0 Å². The van der Waals surface area contributed by atoms with E-state index in [2.05, 4.69) is 0 Å². The lowest BCUT2D eigenvalue weighted by Gasteiger charge is -2.31. The highest BCUT2D eigenvalue weighted by molar-refractivity contribution is 5.94. The van der Waals surface area contributed by atoms with Crippen molar-refractivity contribution in [2.75, 3.05) is 13.1 Å². The maximum atomic E-state index is 12.3. The van der Waals surface area contributed by atoms with Crippen LogP contribution in [0.2, 0.25) is 0 Å². The monoisotopic (exact) mass is 276 g/mol. The maximum Gasteiger partial charge on any atom is 0.253 e. The van der Waals surface area contributed by atoms with Crippen LogP contribution in [0.25, 0.3) is 0 Å². The fraction of sp³-hybridized carbons (Fsp3) is 0.467. The number of hydrogen-bond donors (Lipinski definition) is 2. The number of benzene rings is 1. The van der Waals surface area contributed by atoms with Crippen molar-refractivity contribution in [2.24, 2.45) is 11.7 Å². The van der Waals surface area contributed by atoms with Crippen molar-refractivity contribution in [3.63, 3.8) is 0 Å².